The van der Waals surface area contributed by atoms with E-state index < -0.39 is 11.5 Å². The average molecular weight is 301 g/mol. The first-order valence-electron chi connectivity index (χ1n) is 7.29. The van der Waals surface area contributed by atoms with Gasteiger partial charge in [0, 0.05) is 12.1 Å². The van der Waals surface area contributed by atoms with Crippen LogP contribution in [0.1, 0.15) is 30.6 Å². The maximum atomic E-state index is 12.3. The molecule has 0 atom stereocenters. The largest absolute Gasteiger partial charge is 0.493 e. The highest BCUT2D eigenvalue weighted by Gasteiger charge is 2.16. The standard InChI is InChI=1S/C17H19NO4/c1-3-11-22-15-8-6-5-7-12(15)14-10-9-13(17(20)21)16(19)18(14)4-2/h5-10H,3-4,11H2,1-2H3,(H,20,21). The van der Waals surface area contributed by atoms with Gasteiger partial charge in [-0.3, -0.25) is 4.79 Å². The van der Waals surface area contributed by atoms with Crippen LogP contribution in [0.25, 0.3) is 11.3 Å². The van der Waals surface area contributed by atoms with Crippen LogP contribution in [-0.2, 0) is 6.54 Å². The summed E-state index contributed by atoms with van der Waals surface area (Å²) >= 11 is 0. The average Bonchev–Trinajstić information content (AvgIpc) is 2.52. The van der Waals surface area contributed by atoms with Crippen LogP contribution in [-0.4, -0.2) is 22.2 Å². The van der Waals surface area contributed by atoms with Crippen molar-refractivity contribution in [3.8, 4) is 17.0 Å². The lowest BCUT2D eigenvalue weighted by Crippen LogP contribution is -2.26. The van der Waals surface area contributed by atoms with E-state index in [4.69, 9.17) is 9.84 Å². The molecule has 1 N–H and O–H groups in total. The molecule has 1 aromatic carbocycles. The Morgan fingerprint density at radius 2 is 1.91 bits per heavy atom. The van der Waals surface area contributed by atoms with E-state index in [2.05, 4.69) is 0 Å². The minimum Gasteiger partial charge on any atom is -0.493 e. The third-order valence-corrected chi connectivity index (χ3v) is 3.35. The van der Waals surface area contributed by atoms with Gasteiger partial charge in [0.05, 0.1) is 12.3 Å². The number of ether oxygens (including phenoxy) is 1. The first-order valence-corrected chi connectivity index (χ1v) is 7.29. The fourth-order valence-electron chi connectivity index (χ4n) is 2.31. The second kappa shape index (κ2) is 6.93. The Kier molecular flexibility index (Phi) is 4.99. The van der Waals surface area contributed by atoms with Crippen molar-refractivity contribution in [2.24, 2.45) is 0 Å². The molecule has 0 fully saturated rings. The van der Waals surface area contributed by atoms with Crippen molar-refractivity contribution in [2.45, 2.75) is 26.8 Å². The van der Waals surface area contributed by atoms with Gasteiger partial charge in [0.2, 0.25) is 0 Å². The van der Waals surface area contributed by atoms with Crippen molar-refractivity contribution in [3.63, 3.8) is 0 Å². The number of aromatic nitrogens is 1. The summed E-state index contributed by atoms with van der Waals surface area (Å²) in [6, 6.07) is 10.5. The van der Waals surface area contributed by atoms with Gasteiger partial charge in [0.1, 0.15) is 11.3 Å². The zero-order valence-electron chi connectivity index (χ0n) is 12.7. The van der Waals surface area contributed by atoms with Crippen LogP contribution in [0.4, 0.5) is 0 Å². The number of rotatable bonds is 6. The van der Waals surface area contributed by atoms with Gasteiger partial charge in [-0.15, -0.1) is 0 Å². The topological polar surface area (TPSA) is 68.5 Å². The van der Waals surface area contributed by atoms with E-state index in [0.717, 1.165) is 12.0 Å². The van der Waals surface area contributed by atoms with Crippen molar-refractivity contribution < 1.29 is 14.6 Å². The summed E-state index contributed by atoms with van der Waals surface area (Å²) < 4.78 is 7.18. The van der Waals surface area contributed by atoms with Crippen LogP contribution < -0.4 is 10.3 Å². The molecule has 0 aliphatic heterocycles. The van der Waals surface area contributed by atoms with Gasteiger partial charge in [-0.1, -0.05) is 19.1 Å². The molecule has 0 saturated carbocycles. The molecule has 5 nitrogen and oxygen atoms in total. The summed E-state index contributed by atoms with van der Waals surface area (Å²) in [5.74, 6) is -0.525. The van der Waals surface area contributed by atoms with Crippen molar-refractivity contribution in [2.75, 3.05) is 6.61 Å². The Morgan fingerprint density at radius 3 is 2.55 bits per heavy atom. The van der Waals surface area contributed by atoms with Gasteiger partial charge < -0.3 is 14.4 Å². The zero-order chi connectivity index (χ0) is 16.1. The molecule has 5 heteroatoms. The Balaban J connectivity index is 2.61. The van der Waals surface area contributed by atoms with Crippen molar-refractivity contribution in [3.05, 3.63) is 52.3 Å². The number of para-hydroxylation sites is 1. The predicted octanol–water partition coefficient (Wildman–Crippen LogP) is 3.02. The molecule has 0 radical (unpaired) electrons. The highest BCUT2D eigenvalue weighted by molar-refractivity contribution is 5.87. The second-order valence-electron chi connectivity index (χ2n) is 4.83. The maximum absolute atomic E-state index is 12.3. The number of carbonyl (C=O) groups is 1. The van der Waals surface area contributed by atoms with E-state index >= 15 is 0 Å². The van der Waals surface area contributed by atoms with E-state index in [1.165, 1.54) is 10.6 Å². The molecule has 2 aromatic rings. The first-order chi connectivity index (χ1) is 10.6. The Bertz CT molecular complexity index is 734. The van der Waals surface area contributed by atoms with E-state index in [-0.39, 0.29) is 5.56 Å². The second-order valence-corrected chi connectivity index (χ2v) is 4.83. The van der Waals surface area contributed by atoms with E-state index in [1.54, 1.807) is 6.07 Å². The molecule has 0 bridgehead atoms. The lowest BCUT2D eigenvalue weighted by atomic mass is 10.1. The lowest BCUT2D eigenvalue weighted by Gasteiger charge is -2.15. The number of aromatic carboxylic acids is 1. The minimum absolute atomic E-state index is 0.224. The Labute approximate surface area is 128 Å². The van der Waals surface area contributed by atoms with Crippen LogP contribution in [0.15, 0.2) is 41.2 Å². The molecule has 1 heterocycles. The molecule has 0 aliphatic carbocycles. The molecule has 22 heavy (non-hydrogen) atoms. The van der Waals surface area contributed by atoms with Gasteiger partial charge in [-0.25, -0.2) is 4.79 Å². The van der Waals surface area contributed by atoms with Gasteiger partial charge in [0.15, 0.2) is 0 Å². The number of hydrogen-bond donors (Lipinski definition) is 1. The number of nitrogens with zero attached hydrogens (tertiary/aromatic N) is 1. The molecule has 116 valence electrons. The van der Waals surface area contributed by atoms with Crippen LogP contribution in [0.5, 0.6) is 5.75 Å². The number of pyridine rings is 1. The van der Waals surface area contributed by atoms with Crippen molar-refractivity contribution >= 4 is 5.97 Å². The van der Waals surface area contributed by atoms with Crippen LogP contribution in [0.2, 0.25) is 0 Å². The highest BCUT2D eigenvalue weighted by atomic mass is 16.5. The van der Waals surface area contributed by atoms with E-state index in [0.29, 0.717) is 24.6 Å². The van der Waals surface area contributed by atoms with Crippen LogP contribution in [0, 0.1) is 0 Å². The van der Waals surface area contributed by atoms with Gasteiger partial charge in [0.25, 0.3) is 5.56 Å². The molecule has 0 aliphatic rings. The minimum atomic E-state index is -1.21. The third kappa shape index (κ3) is 3.03. The molecular weight excluding hydrogens is 282 g/mol. The monoisotopic (exact) mass is 301 g/mol. The SMILES string of the molecule is CCCOc1ccccc1-c1ccc(C(=O)O)c(=O)n1CC. The van der Waals surface area contributed by atoms with Crippen molar-refractivity contribution in [1.29, 1.82) is 0 Å². The Morgan fingerprint density at radius 1 is 1.18 bits per heavy atom. The number of benzene rings is 1. The summed E-state index contributed by atoms with van der Waals surface area (Å²) in [4.78, 5) is 23.4. The summed E-state index contributed by atoms with van der Waals surface area (Å²) in [6.07, 6.45) is 0.882. The normalized spacial score (nSPS) is 10.5. The Hall–Kier alpha value is -2.56. The number of hydrogen-bond acceptors (Lipinski definition) is 3. The smallest absolute Gasteiger partial charge is 0.341 e. The fourth-order valence-corrected chi connectivity index (χ4v) is 2.31. The summed E-state index contributed by atoms with van der Waals surface area (Å²) in [6.45, 7) is 4.80. The highest BCUT2D eigenvalue weighted by Crippen LogP contribution is 2.29. The fraction of sp³-hybridized carbons (Fsp3) is 0.294. The van der Waals surface area contributed by atoms with Crippen LogP contribution >= 0.6 is 0 Å². The molecule has 2 rings (SSSR count). The zero-order valence-corrected chi connectivity index (χ0v) is 12.7. The van der Waals surface area contributed by atoms with E-state index in [1.807, 2.05) is 38.1 Å². The molecular formula is C17H19NO4. The molecule has 0 spiro atoms. The van der Waals surface area contributed by atoms with Gasteiger partial charge in [-0.2, -0.15) is 0 Å². The number of carboxylic acid groups (broad SMARTS) is 1. The molecule has 0 saturated heterocycles. The van der Waals surface area contributed by atoms with E-state index in [9.17, 15) is 9.59 Å². The quantitative estimate of drug-likeness (QED) is 0.890. The maximum Gasteiger partial charge on any atom is 0.341 e. The third-order valence-electron chi connectivity index (χ3n) is 3.35. The lowest BCUT2D eigenvalue weighted by molar-refractivity contribution is 0.0694. The summed E-state index contributed by atoms with van der Waals surface area (Å²) in [5.41, 5.74) is 0.714. The molecule has 1 aromatic heterocycles. The van der Waals surface area contributed by atoms with Crippen molar-refractivity contribution in [1.82, 2.24) is 4.57 Å². The number of carboxylic acids is 1. The van der Waals surface area contributed by atoms with Gasteiger partial charge in [-0.05, 0) is 37.6 Å². The van der Waals surface area contributed by atoms with Gasteiger partial charge >= 0.3 is 5.97 Å². The van der Waals surface area contributed by atoms with Crippen LogP contribution in [0.3, 0.4) is 0 Å². The summed E-state index contributed by atoms with van der Waals surface area (Å²) in [7, 11) is 0. The predicted molar refractivity (Wildman–Crippen MR) is 84.6 cm³/mol. The first kappa shape index (κ1) is 15.8. The summed E-state index contributed by atoms with van der Waals surface area (Å²) in [5, 5.41) is 9.08. The molecule has 0 unspecified atom stereocenters. The molecule has 0 amide bonds.